The molecule has 2 rings (SSSR count). The Labute approximate surface area is 83.2 Å². The van der Waals surface area contributed by atoms with Crippen molar-refractivity contribution in [2.75, 3.05) is 0 Å². The molecule has 0 aliphatic carbocycles. The fraction of sp³-hybridized carbons (Fsp3) is 0.400. The Kier molecular flexibility index (Phi) is 2.35. The van der Waals surface area contributed by atoms with Crippen LogP contribution in [0.3, 0.4) is 0 Å². The zero-order valence-corrected chi connectivity index (χ0v) is 8.51. The zero-order chi connectivity index (χ0) is 9.97. The maximum atomic E-state index is 4.27. The number of hydrogen-bond donors (Lipinski definition) is 0. The molecule has 14 heavy (non-hydrogen) atoms. The molecule has 2 aromatic rings. The number of hydrogen-bond acceptors (Lipinski definition) is 2. The molecule has 0 fully saturated rings. The highest BCUT2D eigenvalue weighted by Crippen LogP contribution is 2.00. The number of nitrogens with zero attached hydrogens (tertiary/aromatic N) is 4. The Hall–Kier alpha value is -1.58. The maximum absolute atomic E-state index is 4.27. The van der Waals surface area contributed by atoms with Crippen LogP contribution in [0.2, 0.25) is 0 Å². The Bertz CT molecular complexity index is 373. The second-order valence-electron chi connectivity index (χ2n) is 3.40. The molecular formula is C10H14N4. The van der Waals surface area contributed by atoms with Crippen LogP contribution in [-0.4, -0.2) is 19.3 Å². The van der Waals surface area contributed by atoms with E-state index >= 15 is 0 Å². The topological polar surface area (TPSA) is 35.6 Å². The van der Waals surface area contributed by atoms with Gasteiger partial charge < -0.3 is 4.57 Å². The molecule has 74 valence electrons. The average Bonchev–Trinajstić information content (AvgIpc) is 2.72. The smallest absolute Gasteiger partial charge is 0.110 e. The van der Waals surface area contributed by atoms with E-state index in [0.717, 1.165) is 18.8 Å². The fourth-order valence-corrected chi connectivity index (χ4v) is 1.48. The minimum atomic E-state index is 0.893. The third kappa shape index (κ3) is 1.69. The van der Waals surface area contributed by atoms with Gasteiger partial charge in [0, 0.05) is 44.3 Å². The van der Waals surface area contributed by atoms with Crippen molar-refractivity contribution in [1.29, 1.82) is 0 Å². The van der Waals surface area contributed by atoms with Gasteiger partial charge in [-0.3, -0.25) is 4.68 Å². The molecule has 0 radical (unpaired) electrons. The average molecular weight is 190 g/mol. The molecule has 0 saturated heterocycles. The molecule has 4 nitrogen and oxygen atoms in total. The SMILES string of the molecule is Cc1ccnn1CCc1nccn1C. The Balaban J connectivity index is 2.02. The first-order chi connectivity index (χ1) is 6.77. The normalized spacial score (nSPS) is 10.7. The van der Waals surface area contributed by atoms with Crippen molar-refractivity contribution in [3.8, 4) is 0 Å². The van der Waals surface area contributed by atoms with Gasteiger partial charge in [-0.1, -0.05) is 0 Å². The van der Waals surface area contributed by atoms with E-state index in [-0.39, 0.29) is 0 Å². The molecule has 0 aliphatic heterocycles. The Morgan fingerprint density at radius 1 is 1.36 bits per heavy atom. The van der Waals surface area contributed by atoms with E-state index in [9.17, 15) is 0 Å². The molecule has 0 N–H and O–H groups in total. The van der Waals surface area contributed by atoms with Gasteiger partial charge in [0.05, 0.1) is 0 Å². The lowest BCUT2D eigenvalue weighted by Crippen LogP contribution is -2.07. The van der Waals surface area contributed by atoms with Crippen molar-refractivity contribution in [2.45, 2.75) is 19.9 Å². The second-order valence-corrected chi connectivity index (χ2v) is 3.40. The molecule has 0 bridgehead atoms. The van der Waals surface area contributed by atoms with Crippen LogP contribution < -0.4 is 0 Å². The predicted molar refractivity (Wildman–Crippen MR) is 53.9 cm³/mol. The summed E-state index contributed by atoms with van der Waals surface area (Å²) in [6, 6.07) is 2.01. The van der Waals surface area contributed by atoms with E-state index in [2.05, 4.69) is 17.0 Å². The van der Waals surface area contributed by atoms with E-state index in [4.69, 9.17) is 0 Å². The fourth-order valence-electron chi connectivity index (χ4n) is 1.48. The van der Waals surface area contributed by atoms with Gasteiger partial charge >= 0.3 is 0 Å². The van der Waals surface area contributed by atoms with E-state index in [1.807, 2.05) is 41.0 Å². The largest absolute Gasteiger partial charge is 0.338 e. The monoisotopic (exact) mass is 190 g/mol. The zero-order valence-electron chi connectivity index (χ0n) is 8.51. The van der Waals surface area contributed by atoms with Gasteiger partial charge in [-0.05, 0) is 13.0 Å². The summed E-state index contributed by atoms with van der Waals surface area (Å²) in [5.74, 6) is 1.10. The summed E-state index contributed by atoms with van der Waals surface area (Å²) >= 11 is 0. The van der Waals surface area contributed by atoms with Gasteiger partial charge in [0.25, 0.3) is 0 Å². The molecule has 0 aromatic carbocycles. The predicted octanol–water partition coefficient (Wildman–Crippen LogP) is 1.17. The van der Waals surface area contributed by atoms with E-state index < -0.39 is 0 Å². The second kappa shape index (κ2) is 3.65. The van der Waals surface area contributed by atoms with Gasteiger partial charge in [-0.2, -0.15) is 5.10 Å². The first-order valence-corrected chi connectivity index (χ1v) is 4.72. The first kappa shape index (κ1) is 8.99. The van der Waals surface area contributed by atoms with Crippen molar-refractivity contribution in [3.05, 3.63) is 36.2 Å². The van der Waals surface area contributed by atoms with Gasteiger partial charge in [-0.15, -0.1) is 0 Å². The molecule has 0 spiro atoms. The van der Waals surface area contributed by atoms with Crippen molar-refractivity contribution in [1.82, 2.24) is 19.3 Å². The third-order valence-corrected chi connectivity index (χ3v) is 2.40. The standard InChI is InChI=1S/C10H14N4/c1-9-3-5-12-14(9)7-4-10-11-6-8-13(10)2/h3,5-6,8H,4,7H2,1-2H3. The summed E-state index contributed by atoms with van der Waals surface area (Å²) < 4.78 is 4.04. The molecule has 0 amide bonds. The van der Waals surface area contributed by atoms with Crippen LogP contribution in [0, 0.1) is 6.92 Å². The van der Waals surface area contributed by atoms with Crippen LogP contribution in [-0.2, 0) is 20.0 Å². The van der Waals surface area contributed by atoms with E-state index in [0.29, 0.717) is 0 Å². The van der Waals surface area contributed by atoms with Crippen LogP contribution >= 0.6 is 0 Å². The summed E-state index contributed by atoms with van der Waals surface area (Å²) in [7, 11) is 2.01. The van der Waals surface area contributed by atoms with Gasteiger partial charge in [-0.25, -0.2) is 4.98 Å². The molecule has 0 saturated carbocycles. The van der Waals surface area contributed by atoms with E-state index in [1.54, 1.807) is 0 Å². The highest BCUT2D eigenvalue weighted by molar-refractivity contribution is 4.98. The summed E-state index contributed by atoms with van der Waals surface area (Å²) in [4.78, 5) is 4.27. The van der Waals surface area contributed by atoms with Crippen molar-refractivity contribution >= 4 is 0 Å². The molecule has 2 aromatic heterocycles. The Morgan fingerprint density at radius 2 is 2.21 bits per heavy atom. The van der Waals surface area contributed by atoms with E-state index in [1.165, 1.54) is 5.69 Å². The maximum Gasteiger partial charge on any atom is 0.110 e. The summed E-state index contributed by atoms with van der Waals surface area (Å²) in [6.45, 7) is 2.95. The van der Waals surface area contributed by atoms with Crippen LogP contribution in [0.15, 0.2) is 24.7 Å². The molecule has 0 atom stereocenters. The van der Waals surface area contributed by atoms with Gasteiger partial charge in [0.15, 0.2) is 0 Å². The van der Waals surface area contributed by atoms with Crippen LogP contribution in [0.25, 0.3) is 0 Å². The van der Waals surface area contributed by atoms with Gasteiger partial charge in [0.2, 0.25) is 0 Å². The number of aromatic nitrogens is 4. The van der Waals surface area contributed by atoms with Gasteiger partial charge in [0.1, 0.15) is 5.82 Å². The lowest BCUT2D eigenvalue weighted by Gasteiger charge is -2.04. The lowest BCUT2D eigenvalue weighted by molar-refractivity contribution is 0.576. The minimum Gasteiger partial charge on any atom is -0.338 e. The third-order valence-electron chi connectivity index (χ3n) is 2.40. The van der Waals surface area contributed by atoms with Crippen LogP contribution in [0.4, 0.5) is 0 Å². The lowest BCUT2D eigenvalue weighted by atomic mass is 10.4. The summed E-state index contributed by atoms with van der Waals surface area (Å²) in [5.41, 5.74) is 1.19. The Morgan fingerprint density at radius 3 is 2.79 bits per heavy atom. The highest BCUT2D eigenvalue weighted by atomic mass is 15.3. The number of aryl methyl sites for hydroxylation is 4. The van der Waals surface area contributed by atoms with Crippen LogP contribution in [0.5, 0.6) is 0 Å². The molecular weight excluding hydrogens is 176 g/mol. The van der Waals surface area contributed by atoms with Crippen LogP contribution in [0.1, 0.15) is 11.5 Å². The molecule has 0 unspecified atom stereocenters. The molecule has 2 heterocycles. The number of rotatable bonds is 3. The quantitative estimate of drug-likeness (QED) is 0.728. The molecule has 0 aliphatic rings. The summed E-state index contributed by atoms with van der Waals surface area (Å²) in [6.07, 6.45) is 6.54. The molecule has 4 heteroatoms. The minimum absolute atomic E-state index is 0.893. The van der Waals surface area contributed by atoms with Crippen molar-refractivity contribution in [3.63, 3.8) is 0 Å². The summed E-state index contributed by atoms with van der Waals surface area (Å²) in [5, 5.41) is 4.22. The number of imidazole rings is 1. The first-order valence-electron chi connectivity index (χ1n) is 4.72. The highest BCUT2D eigenvalue weighted by Gasteiger charge is 2.01. The van der Waals surface area contributed by atoms with Crippen molar-refractivity contribution in [2.24, 2.45) is 7.05 Å². The van der Waals surface area contributed by atoms with Crippen molar-refractivity contribution < 1.29 is 0 Å².